The highest BCUT2D eigenvalue weighted by atomic mass is 32.2. The molecule has 3 rings (SSSR count). The minimum absolute atomic E-state index is 0.0187. The molecule has 1 amide bonds. The fourth-order valence-corrected chi connectivity index (χ4v) is 4.03. The van der Waals surface area contributed by atoms with Gasteiger partial charge in [-0.05, 0) is 67.2 Å². The molecular formula is C23H25N5O6S2. The number of thiocarbonyl (C=S) groups is 1. The molecule has 13 heteroatoms. The standard InChI is InChI=1S/C23H25N5O6S2/c1-4-13-34-17-9-5-15(6-10-17)21(29)27-23(35)24-16-7-11-18(12-8-16)36(30,31)28-19-14-20(32-2)26-22(25-19)33-3/h5-12,14H,4,13H2,1-3H3,(H,25,26,28)(H2,24,27,29,35). The first-order valence-corrected chi connectivity index (χ1v) is 12.6. The quantitative estimate of drug-likeness (QED) is 0.334. The van der Waals surface area contributed by atoms with Crippen molar-refractivity contribution in [2.75, 3.05) is 30.9 Å². The SMILES string of the molecule is CCCOc1ccc(C(=O)NC(=S)Nc2ccc(S(=O)(=O)Nc3cc(OC)nc(OC)n3)cc2)cc1. The maximum absolute atomic E-state index is 12.8. The van der Waals surface area contributed by atoms with Crippen molar-refractivity contribution >= 4 is 44.8 Å². The number of aromatic nitrogens is 2. The molecule has 0 aliphatic carbocycles. The maximum Gasteiger partial charge on any atom is 0.321 e. The van der Waals surface area contributed by atoms with Crippen molar-refractivity contribution in [2.45, 2.75) is 18.2 Å². The molecule has 3 N–H and O–H groups in total. The fourth-order valence-electron chi connectivity index (χ4n) is 2.83. The van der Waals surface area contributed by atoms with Crippen molar-refractivity contribution in [1.82, 2.24) is 15.3 Å². The Morgan fingerprint density at radius 1 is 1.00 bits per heavy atom. The molecule has 1 heterocycles. The molecule has 0 aliphatic rings. The second-order valence-electron chi connectivity index (χ2n) is 7.19. The van der Waals surface area contributed by atoms with Crippen LogP contribution in [0, 0.1) is 0 Å². The number of methoxy groups -OCH3 is 2. The number of hydrogen-bond acceptors (Lipinski definition) is 9. The van der Waals surface area contributed by atoms with Gasteiger partial charge in [-0.15, -0.1) is 0 Å². The number of carbonyl (C=O) groups is 1. The molecular weight excluding hydrogens is 506 g/mol. The van der Waals surface area contributed by atoms with E-state index in [1.165, 1.54) is 44.6 Å². The number of anilines is 2. The van der Waals surface area contributed by atoms with Crippen LogP contribution in [0.4, 0.5) is 11.5 Å². The summed E-state index contributed by atoms with van der Waals surface area (Å²) in [6.45, 7) is 2.61. The molecule has 0 fully saturated rings. The van der Waals surface area contributed by atoms with Crippen molar-refractivity contribution in [3.63, 3.8) is 0 Å². The first-order valence-electron chi connectivity index (χ1n) is 10.7. The largest absolute Gasteiger partial charge is 0.494 e. The number of amides is 1. The lowest BCUT2D eigenvalue weighted by Gasteiger charge is -2.12. The first-order chi connectivity index (χ1) is 17.2. The van der Waals surface area contributed by atoms with E-state index in [4.69, 9.17) is 26.4 Å². The van der Waals surface area contributed by atoms with Gasteiger partial charge in [-0.25, -0.2) is 8.42 Å². The monoisotopic (exact) mass is 531 g/mol. The highest BCUT2D eigenvalue weighted by Gasteiger charge is 2.17. The number of nitrogens with one attached hydrogen (secondary N) is 3. The number of carbonyl (C=O) groups excluding carboxylic acids is 1. The van der Waals surface area contributed by atoms with E-state index in [0.717, 1.165) is 6.42 Å². The Hall–Kier alpha value is -3.97. The van der Waals surface area contributed by atoms with Gasteiger partial charge in [0.05, 0.1) is 25.7 Å². The van der Waals surface area contributed by atoms with Crippen LogP contribution in [0.2, 0.25) is 0 Å². The van der Waals surface area contributed by atoms with E-state index in [1.807, 2.05) is 6.92 Å². The van der Waals surface area contributed by atoms with E-state index >= 15 is 0 Å². The maximum atomic E-state index is 12.8. The average molecular weight is 532 g/mol. The second kappa shape index (κ2) is 12.1. The van der Waals surface area contributed by atoms with Crippen LogP contribution in [0.3, 0.4) is 0 Å². The Morgan fingerprint density at radius 2 is 1.69 bits per heavy atom. The second-order valence-corrected chi connectivity index (χ2v) is 9.28. The van der Waals surface area contributed by atoms with Crippen LogP contribution in [0.25, 0.3) is 0 Å². The molecule has 0 atom stereocenters. The zero-order valence-electron chi connectivity index (χ0n) is 19.8. The number of ether oxygens (including phenoxy) is 3. The predicted molar refractivity (Wildman–Crippen MR) is 138 cm³/mol. The molecule has 1 aromatic heterocycles. The molecule has 0 saturated heterocycles. The van der Waals surface area contributed by atoms with Gasteiger partial charge in [-0.3, -0.25) is 14.8 Å². The van der Waals surface area contributed by atoms with Gasteiger partial charge in [0.1, 0.15) is 5.75 Å². The lowest BCUT2D eigenvalue weighted by atomic mass is 10.2. The Morgan fingerprint density at radius 3 is 2.31 bits per heavy atom. The van der Waals surface area contributed by atoms with E-state index in [1.54, 1.807) is 24.3 Å². The van der Waals surface area contributed by atoms with Crippen LogP contribution in [-0.4, -0.2) is 50.2 Å². The van der Waals surface area contributed by atoms with Gasteiger partial charge >= 0.3 is 6.01 Å². The average Bonchev–Trinajstić information content (AvgIpc) is 2.87. The first kappa shape index (κ1) is 26.6. The summed E-state index contributed by atoms with van der Waals surface area (Å²) in [5.41, 5.74) is 0.890. The zero-order valence-corrected chi connectivity index (χ0v) is 21.4. The molecule has 11 nitrogen and oxygen atoms in total. The van der Waals surface area contributed by atoms with Gasteiger partial charge in [0.25, 0.3) is 15.9 Å². The number of nitrogens with zero attached hydrogens (tertiary/aromatic N) is 2. The molecule has 190 valence electrons. The topological polar surface area (TPSA) is 141 Å². The summed E-state index contributed by atoms with van der Waals surface area (Å²) in [7, 11) is -1.23. The third-order valence-corrected chi connectivity index (χ3v) is 6.13. The highest BCUT2D eigenvalue weighted by molar-refractivity contribution is 7.92. The Balaban J connectivity index is 1.60. The van der Waals surface area contributed by atoms with Crippen molar-refractivity contribution < 1.29 is 27.4 Å². The molecule has 36 heavy (non-hydrogen) atoms. The van der Waals surface area contributed by atoms with Crippen LogP contribution in [0.5, 0.6) is 17.6 Å². The van der Waals surface area contributed by atoms with Gasteiger partial charge in [0, 0.05) is 17.3 Å². The molecule has 0 unspecified atom stereocenters. The lowest BCUT2D eigenvalue weighted by molar-refractivity contribution is 0.0977. The van der Waals surface area contributed by atoms with Gasteiger partial charge < -0.3 is 19.5 Å². The Kier molecular flexibility index (Phi) is 8.97. The lowest BCUT2D eigenvalue weighted by Crippen LogP contribution is -2.34. The van der Waals surface area contributed by atoms with E-state index in [0.29, 0.717) is 23.6 Å². The molecule has 3 aromatic rings. The summed E-state index contributed by atoms with van der Waals surface area (Å²) in [5.74, 6) is 0.399. The molecule has 0 radical (unpaired) electrons. The minimum Gasteiger partial charge on any atom is -0.494 e. The van der Waals surface area contributed by atoms with Crippen LogP contribution in [0.1, 0.15) is 23.7 Å². The third kappa shape index (κ3) is 7.26. The summed E-state index contributed by atoms with van der Waals surface area (Å²) in [6.07, 6.45) is 0.887. The summed E-state index contributed by atoms with van der Waals surface area (Å²) < 4.78 is 43.3. The van der Waals surface area contributed by atoms with Gasteiger partial charge in [0.15, 0.2) is 10.9 Å². The summed E-state index contributed by atoms with van der Waals surface area (Å²) in [4.78, 5) is 20.3. The van der Waals surface area contributed by atoms with Crippen LogP contribution >= 0.6 is 12.2 Å². The van der Waals surface area contributed by atoms with Gasteiger partial charge in [-0.1, -0.05) is 6.92 Å². The molecule has 0 saturated carbocycles. The number of hydrogen-bond donors (Lipinski definition) is 3. The third-order valence-electron chi connectivity index (χ3n) is 4.55. The van der Waals surface area contributed by atoms with Crippen LogP contribution in [0.15, 0.2) is 59.5 Å². The fraction of sp³-hybridized carbons (Fsp3) is 0.217. The molecule has 0 bridgehead atoms. The number of benzene rings is 2. The summed E-state index contributed by atoms with van der Waals surface area (Å²) in [6, 6.07) is 13.7. The molecule has 2 aromatic carbocycles. The molecule has 0 spiro atoms. The number of rotatable bonds is 10. The minimum atomic E-state index is -3.97. The normalized spacial score (nSPS) is 10.8. The van der Waals surface area contributed by atoms with Crippen molar-refractivity contribution in [3.8, 4) is 17.6 Å². The predicted octanol–water partition coefficient (Wildman–Crippen LogP) is 3.21. The van der Waals surface area contributed by atoms with E-state index in [9.17, 15) is 13.2 Å². The summed E-state index contributed by atoms with van der Waals surface area (Å²) >= 11 is 5.20. The van der Waals surface area contributed by atoms with Crippen molar-refractivity contribution in [2.24, 2.45) is 0 Å². The van der Waals surface area contributed by atoms with Crippen molar-refractivity contribution in [1.29, 1.82) is 0 Å². The van der Waals surface area contributed by atoms with Gasteiger partial charge in [-0.2, -0.15) is 9.97 Å². The van der Waals surface area contributed by atoms with Crippen LogP contribution < -0.4 is 29.6 Å². The van der Waals surface area contributed by atoms with E-state index in [2.05, 4.69) is 25.3 Å². The van der Waals surface area contributed by atoms with E-state index < -0.39 is 15.9 Å². The van der Waals surface area contributed by atoms with Crippen LogP contribution in [-0.2, 0) is 10.0 Å². The highest BCUT2D eigenvalue weighted by Crippen LogP contribution is 2.21. The van der Waals surface area contributed by atoms with Crippen molar-refractivity contribution in [3.05, 3.63) is 60.2 Å². The Labute approximate surface area is 214 Å². The van der Waals surface area contributed by atoms with Gasteiger partial charge in [0.2, 0.25) is 5.88 Å². The van der Waals surface area contributed by atoms with E-state index in [-0.39, 0.29) is 27.7 Å². The zero-order chi connectivity index (χ0) is 26.1. The molecule has 0 aliphatic heterocycles. The summed E-state index contributed by atoms with van der Waals surface area (Å²) in [5, 5.41) is 5.48. The number of sulfonamides is 1. The Bertz CT molecular complexity index is 1290. The smallest absolute Gasteiger partial charge is 0.321 e.